The highest BCUT2D eigenvalue weighted by Gasteiger charge is 2.17. The van der Waals surface area contributed by atoms with Crippen LogP contribution in [0, 0.1) is 5.41 Å². The number of ketones is 1. The Kier molecular flexibility index (Phi) is 4.82. The van der Waals surface area contributed by atoms with Crippen LogP contribution < -0.4 is 5.63 Å². The van der Waals surface area contributed by atoms with Gasteiger partial charge in [-0.3, -0.25) is 4.79 Å². The molecule has 0 fully saturated rings. The highest BCUT2D eigenvalue weighted by atomic mass is 16.4. The molecule has 3 aromatic rings. The molecule has 134 valence electrons. The van der Waals surface area contributed by atoms with Gasteiger partial charge in [-0.2, -0.15) is 0 Å². The summed E-state index contributed by atoms with van der Waals surface area (Å²) < 4.78 is 5.12. The Hall–Kier alpha value is -2.68. The van der Waals surface area contributed by atoms with Gasteiger partial charge in [0.15, 0.2) is 5.78 Å². The summed E-state index contributed by atoms with van der Waals surface area (Å²) in [4.78, 5) is 24.0. The lowest BCUT2D eigenvalue weighted by atomic mass is 9.82. The molecule has 0 amide bonds. The maximum atomic E-state index is 12.8. The summed E-state index contributed by atoms with van der Waals surface area (Å²) in [6.45, 7) is 8.94. The Morgan fingerprint density at radius 3 is 2.27 bits per heavy atom. The lowest BCUT2D eigenvalue weighted by Gasteiger charge is -2.23. The summed E-state index contributed by atoms with van der Waals surface area (Å²) in [7, 11) is 0. The van der Waals surface area contributed by atoms with Crippen LogP contribution in [-0.4, -0.2) is 5.78 Å². The van der Waals surface area contributed by atoms with E-state index in [1.807, 2.05) is 24.3 Å². The van der Waals surface area contributed by atoms with Crippen molar-refractivity contribution in [3.8, 4) is 0 Å². The molecule has 0 saturated carbocycles. The monoisotopic (exact) mass is 348 g/mol. The maximum absolute atomic E-state index is 12.8. The maximum Gasteiger partial charge on any atom is 0.336 e. The van der Waals surface area contributed by atoms with Crippen LogP contribution in [0.1, 0.15) is 61.5 Å². The van der Waals surface area contributed by atoms with Crippen molar-refractivity contribution in [3.05, 3.63) is 81.7 Å². The first-order valence-electron chi connectivity index (χ1n) is 8.91. The second kappa shape index (κ2) is 6.91. The number of benzene rings is 2. The van der Waals surface area contributed by atoms with Gasteiger partial charge in [0, 0.05) is 22.6 Å². The molecule has 0 spiro atoms. The Balaban J connectivity index is 1.84. The molecule has 1 aromatic heterocycles. The van der Waals surface area contributed by atoms with Crippen molar-refractivity contribution in [1.29, 1.82) is 0 Å². The minimum Gasteiger partial charge on any atom is -0.423 e. The van der Waals surface area contributed by atoms with Crippen molar-refractivity contribution in [3.63, 3.8) is 0 Å². The van der Waals surface area contributed by atoms with Gasteiger partial charge in [-0.15, -0.1) is 0 Å². The summed E-state index contributed by atoms with van der Waals surface area (Å²) in [5, 5.41) is 0.742. The van der Waals surface area contributed by atoms with E-state index in [-0.39, 0.29) is 11.2 Å². The second-order valence-corrected chi connectivity index (χ2v) is 8.12. The molecule has 2 aromatic carbocycles. The zero-order valence-electron chi connectivity index (χ0n) is 15.7. The third kappa shape index (κ3) is 4.10. The van der Waals surface area contributed by atoms with Crippen molar-refractivity contribution in [1.82, 2.24) is 0 Å². The quantitative estimate of drug-likeness (QED) is 0.458. The van der Waals surface area contributed by atoms with Crippen LogP contribution in [0.25, 0.3) is 11.0 Å². The van der Waals surface area contributed by atoms with E-state index in [4.69, 9.17) is 4.42 Å². The van der Waals surface area contributed by atoms with Crippen molar-refractivity contribution in [2.24, 2.45) is 5.41 Å². The molecular formula is C23H24O3. The van der Waals surface area contributed by atoms with Crippen LogP contribution in [0.15, 0.2) is 63.8 Å². The molecule has 0 aliphatic heterocycles. The van der Waals surface area contributed by atoms with Crippen molar-refractivity contribution in [2.75, 3.05) is 0 Å². The summed E-state index contributed by atoms with van der Waals surface area (Å²) >= 11 is 0. The number of hydrogen-bond donors (Lipinski definition) is 0. The van der Waals surface area contributed by atoms with Crippen LogP contribution in [-0.2, 0) is 0 Å². The highest BCUT2D eigenvalue weighted by Crippen LogP contribution is 2.31. The Labute approximate surface area is 153 Å². The highest BCUT2D eigenvalue weighted by molar-refractivity contribution is 6.10. The molecule has 0 N–H and O–H groups in total. The predicted molar refractivity (Wildman–Crippen MR) is 105 cm³/mol. The predicted octanol–water partition coefficient (Wildman–Crippen LogP) is 5.56. The molecule has 26 heavy (non-hydrogen) atoms. The Bertz CT molecular complexity index is 988. The van der Waals surface area contributed by atoms with Gasteiger partial charge in [0.25, 0.3) is 0 Å². The van der Waals surface area contributed by atoms with E-state index in [0.717, 1.165) is 11.8 Å². The average molecular weight is 348 g/mol. The number of carbonyl (C=O) groups excluding carboxylic acids is 1. The molecule has 0 aliphatic rings. The minimum absolute atomic E-state index is 0.0341. The van der Waals surface area contributed by atoms with Gasteiger partial charge in [-0.05, 0) is 47.6 Å². The van der Waals surface area contributed by atoms with Crippen LogP contribution in [0.3, 0.4) is 0 Å². The van der Waals surface area contributed by atoms with Crippen molar-refractivity contribution >= 4 is 16.8 Å². The van der Waals surface area contributed by atoms with Crippen LogP contribution >= 0.6 is 0 Å². The molecule has 3 nitrogen and oxygen atoms in total. The van der Waals surface area contributed by atoms with E-state index in [9.17, 15) is 9.59 Å². The molecule has 3 heteroatoms. The van der Waals surface area contributed by atoms with Crippen LogP contribution in [0.4, 0.5) is 0 Å². The lowest BCUT2D eigenvalue weighted by Crippen LogP contribution is -2.10. The summed E-state index contributed by atoms with van der Waals surface area (Å²) in [5.41, 5.74) is 2.86. The van der Waals surface area contributed by atoms with Gasteiger partial charge in [0.1, 0.15) is 5.58 Å². The van der Waals surface area contributed by atoms with E-state index < -0.39 is 5.63 Å². The fraction of sp³-hybridized carbons (Fsp3) is 0.304. The fourth-order valence-corrected chi connectivity index (χ4v) is 3.38. The number of hydrogen-bond acceptors (Lipinski definition) is 3. The van der Waals surface area contributed by atoms with E-state index in [1.165, 1.54) is 11.6 Å². The molecule has 0 bridgehead atoms. The van der Waals surface area contributed by atoms with E-state index in [2.05, 4.69) is 27.7 Å². The fourth-order valence-electron chi connectivity index (χ4n) is 3.38. The van der Waals surface area contributed by atoms with Gasteiger partial charge < -0.3 is 4.42 Å². The molecule has 1 atom stereocenters. The van der Waals surface area contributed by atoms with E-state index >= 15 is 0 Å². The van der Waals surface area contributed by atoms with Gasteiger partial charge in [0.05, 0.1) is 0 Å². The van der Waals surface area contributed by atoms with E-state index in [0.29, 0.717) is 22.6 Å². The zero-order chi connectivity index (χ0) is 18.9. The number of fused-ring (bicyclic) bond motifs is 1. The normalized spacial score (nSPS) is 12.9. The van der Waals surface area contributed by atoms with Gasteiger partial charge in [-0.25, -0.2) is 4.79 Å². The topological polar surface area (TPSA) is 47.3 Å². The first kappa shape index (κ1) is 18.1. The largest absolute Gasteiger partial charge is 0.423 e. The van der Waals surface area contributed by atoms with Crippen LogP contribution in [0.2, 0.25) is 0 Å². The number of carbonyl (C=O) groups is 1. The molecule has 1 heterocycles. The first-order chi connectivity index (χ1) is 12.2. The molecule has 0 saturated heterocycles. The summed E-state index contributed by atoms with van der Waals surface area (Å²) in [5.74, 6) is 0.413. The van der Waals surface area contributed by atoms with Crippen molar-refractivity contribution < 1.29 is 9.21 Å². The number of rotatable bonds is 4. The Morgan fingerprint density at radius 1 is 0.962 bits per heavy atom. The van der Waals surface area contributed by atoms with Gasteiger partial charge >= 0.3 is 5.63 Å². The smallest absolute Gasteiger partial charge is 0.336 e. The average Bonchev–Trinajstić information content (AvgIpc) is 2.59. The first-order valence-corrected chi connectivity index (χ1v) is 8.91. The van der Waals surface area contributed by atoms with E-state index in [1.54, 1.807) is 24.3 Å². The molecule has 0 radical (unpaired) electrons. The Morgan fingerprint density at radius 2 is 1.62 bits per heavy atom. The lowest BCUT2D eigenvalue weighted by molar-refractivity contribution is 0.103. The summed E-state index contributed by atoms with van der Waals surface area (Å²) in [6, 6.07) is 16.0. The van der Waals surface area contributed by atoms with Crippen LogP contribution in [0.5, 0.6) is 0 Å². The zero-order valence-corrected chi connectivity index (χ0v) is 15.7. The minimum atomic E-state index is -0.392. The molecular weight excluding hydrogens is 324 g/mol. The molecule has 3 rings (SSSR count). The third-order valence-electron chi connectivity index (χ3n) is 4.54. The van der Waals surface area contributed by atoms with Gasteiger partial charge in [0.2, 0.25) is 0 Å². The van der Waals surface area contributed by atoms with Crippen molar-refractivity contribution in [2.45, 2.75) is 40.0 Å². The SMILES string of the molecule is CC(CC(C)(C)C)c1ccc(C(=O)c2ccc3oc(=O)ccc3c2)cc1. The van der Waals surface area contributed by atoms with Gasteiger partial charge in [-0.1, -0.05) is 52.0 Å². The molecule has 0 aliphatic carbocycles. The second-order valence-electron chi connectivity index (χ2n) is 8.12. The summed E-state index contributed by atoms with van der Waals surface area (Å²) in [6.07, 6.45) is 1.09. The standard InChI is InChI=1S/C23H24O3/c1-15(14-23(2,3)4)16-5-7-17(8-6-16)22(25)19-9-11-20-18(13-19)10-12-21(24)26-20/h5-13,15H,14H2,1-4H3. The third-order valence-corrected chi connectivity index (χ3v) is 4.54. The molecule has 1 unspecified atom stereocenters.